The van der Waals surface area contributed by atoms with E-state index in [-0.39, 0.29) is 0 Å². The molecule has 0 aliphatic carbocycles. The molecule has 7 heteroatoms. The third-order valence-electron chi connectivity index (χ3n) is 3.99. The first-order chi connectivity index (χ1) is 11.3. The van der Waals surface area contributed by atoms with Crippen molar-refractivity contribution in [1.82, 2.24) is 15.0 Å². The first-order valence-electron chi connectivity index (χ1n) is 7.59. The Kier molecular flexibility index (Phi) is 5.12. The Morgan fingerprint density at radius 1 is 1.30 bits per heavy atom. The molecular weight excluding hydrogens is 316 g/mol. The summed E-state index contributed by atoms with van der Waals surface area (Å²) in [6, 6.07) is 3.66. The number of nitrogens with zero attached hydrogens (tertiary/aromatic N) is 4. The van der Waals surface area contributed by atoms with Gasteiger partial charge in [-0.1, -0.05) is 11.6 Å². The van der Waals surface area contributed by atoms with Gasteiger partial charge in [0.05, 0.1) is 13.7 Å². The fourth-order valence-electron chi connectivity index (χ4n) is 2.63. The molecule has 0 saturated carbocycles. The largest absolute Gasteiger partial charge is 0.492 e. The Bertz CT molecular complexity index is 647. The number of ether oxygens (including phenoxy) is 2. The second kappa shape index (κ2) is 7.46. The Hall–Kier alpha value is -2.08. The maximum Gasteiger partial charge on any atom is 0.218 e. The van der Waals surface area contributed by atoms with Gasteiger partial charge in [-0.25, -0.2) is 9.97 Å². The van der Waals surface area contributed by atoms with Crippen molar-refractivity contribution in [3.05, 3.63) is 35.9 Å². The van der Waals surface area contributed by atoms with Gasteiger partial charge in [0.15, 0.2) is 0 Å². The van der Waals surface area contributed by atoms with Crippen LogP contribution in [0.4, 0.5) is 5.82 Å². The quantitative estimate of drug-likeness (QED) is 0.838. The number of pyridine rings is 1. The van der Waals surface area contributed by atoms with E-state index in [4.69, 9.17) is 21.1 Å². The van der Waals surface area contributed by atoms with Crippen molar-refractivity contribution in [3.8, 4) is 11.6 Å². The molecule has 0 unspecified atom stereocenters. The molecule has 0 N–H and O–H groups in total. The summed E-state index contributed by atoms with van der Waals surface area (Å²) in [5.41, 5.74) is 0. The lowest BCUT2D eigenvalue weighted by atomic mass is 9.98. The van der Waals surface area contributed by atoms with Gasteiger partial charge >= 0.3 is 0 Å². The predicted molar refractivity (Wildman–Crippen MR) is 88.3 cm³/mol. The van der Waals surface area contributed by atoms with Gasteiger partial charge in [0, 0.05) is 37.6 Å². The van der Waals surface area contributed by atoms with Gasteiger partial charge in [0.2, 0.25) is 5.88 Å². The van der Waals surface area contributed by atoms with Crippen LogP contribution in [-0.4, -0.2) is 41.8 Å². The second-order valence-electron chi connectivity index (χ2n) is 5.47. The lowest BCUT2D eigenvalue weighted by Crippen LogP contribution is -2.36. The molecule has 1 fully saturated rings. The molecule has 3 heterocycles. The van der Waals surface area contributed by atoms with Crippen molar-refractivity contribution in [1.29, 1.82) is 0 Å². The van der Waals surface area contributed by atoms with E-state index < -0.39 is 0 Å². The maximum absolute atomic E-state index is 6.05. The summed E-state index contributed by atoms with van der Waals surface area (Å²) in [5.74, 6) is 2.71. The number of rotatable bonds is 5. The highest BCUT2D eigenvalue weighted by Gasteiger charge is 2.21. The molecule has 0 spiro atoms. The molecule has 2 aromatic rings. The zero-order valence-electron chi connectivity index (χ0n) is 13.0. The minimum Gasteiger partial charge on any atom is -0.492 e. The van der Waals surface area contributed by atoms with E-state index in [9.17, 15) is 0 Å². The van der Waals surface area contributed by atoms with Crippen LogP contribution in [0, 0.1) is 5.92 Å². The zero-order valence-corrected chi connectivity index (χ0v) is 13.7. The van der Waals surface area contributed by atoms with E-state index in [1.807, 2.05) is 6.07 Å². The molecule has 3 rings (SSSR count). The Labute approximate surface area is 140 Å². The van der Waals surface area contributed by atoms with Crippen molar-refractivity contribution in [2.75, 3.05) is 31.7 Å². The van der Waals surface area contributed by atoms with Crippen LogP contribution in [0.15, 0.2) is 30.9 Å². The van der Waals surface area contributed by atoms with Gasteiger partial charge in [-0.2, -0.15) is 0 Å². The normalized spacial score (nSPS) is 15.5. The summed E-state index contributed by atoms with van der Waals surface area (Å²) in [7, 11) is 1.61. The van der Waals surface area contributed by atoms with Crippen LogP contribution in [0.25, 0.3) is 0 Å². The monoisotopic (exact) mass is 334 g/mol. The van der Waals surface area contributed by atoms with E-state index in [2.05, 4.69) is 19.9 Å². The summed E-state index contributed by atoms with van der Waals surface area (Å²) >= 11 is 6.05. The maximum atomic E-state index is 6.05. The van der Waals surface area contributed by atoms with Gasteiger partial charge in [-0.15, -0.1) is 0 Å². The lowest BCUT2D eigenvalue weighted by molar-refractivity contribution is 0.222. The SMILES string of the molecule is COc1cc(N2CCC(COc3ccncc3Cl)CC2)ncn1. The minimum absolute atomic E-state index is 0.513. The van der Waals surface area contributed by atoms with Gasteiger partial charge < -0.3 is 14.4 Å². The molecule has 2 aromatic heterocycles. The number of piperidine rings is 1. The van der Waals surface area contributed by atoms with E-state index in [1.54, 1.807) is 25.6 Å². The highest BCUT2D eigenvalue weighted by molar-refractivity contribution is 6.31. The van der Waals surface area contributed by atoms with Gasteiger partial charge in [-0.05, 0) is 18.8 Å². The zero-order chi connectivity index (χ0) is 16.1. The molecule has 1 aliphatic heterocycles. The van der Waals surface area contributed by atoms with Crippen molar-refractivity contribution < 1.29 is 9.47 Å². The fraction of sp³-hybridized carbons (Fsp3) is 0.438. The van der Waals surface area contributed by atoms with Crippen LogP contribution in [0.1, 0.15) is 12.8 Å². The topological polar surface area (TPSA) is 60.4 Å². The number of hydrogen-bond donors (Lipinski definition) is 0. The molecule has 0 radical (unpaired) electrons. The Morgan fingerprint density at radius 3 is 2.87 bits per heavy atom. The lowest BCUT2D eigenvalue weighted by Gasteiger charge is -2.32. The average molecular weight is 335 g/mol. The van der Waals surface area contributed by atoms with E-state index >= 15 is 0 Å². The van der Waals surface area contributed by atoms with Crippen molar-refractivity contribution in [2.45, 2.75) is 12.8 Å². The molecule has 0 amide bonds. The van der Waals surface area contributed by atoms with E-state index in [0.29, 0.717) is 29.2 Å². The third-order valence-corrected chi connectivity index (χ3v) is 4.27. The molecule has 1 aliphatic rings. The molecule has 1 saturated heterocycles. The summed E-state index contributed by atoms with van der Waals surface area (Å²) in [6.45, 7) is 2.56. The first kappa shape index (κ1) is 15.8. The number of hydrogen-bond acceptors (Lipinski definition) is 6. The Morgan fingerprint density at radius 2 is 2.13 bits per heavy atom. The van der Waals surface area contributed by atoms with Gasteiger partial charge in [-0.3, -0.25) is 4.98 Å². The molecule has 0 bridgehead atoms. The smallest absolute Gasteiger partial charge is 0.218 e. The predicted octanol–water partition coefficient (Wildman–Crippen LogP) is 2.83. The van der Waals surface area contributed by atoms with E-state index in [0.717, 1.165) is 31.7 Å². The molecule has 0 atom stereocenters. The highest BCUT2D eigenvalue weighted by atomic mass is 35.5. The second-order valence-corrected chi connectivity index (χ2v) is 5.87. The van der Waals surface area contributed by atoms with Crippen LogP contribution in [0.2, 0.25) is 5.02 Å². The van der Waals surface area contributed by atoms with Crippen LogP contribution < -0.4 is 14.4 Å². The number of anilines is 1. The van der Waals surface area contributed by atoms with Gasteiger partial charge in [0.25, 0.3) is 0 Å². The minimum atomic E-state index is 0.513. The van der Waals surface area contributed by atoms with Crippen LogP contribution in [0.5, 0.6) is 11.6 Å². The summed E-state index contributed by atoms with van der Waals surface area (Å²) in [4.78, 5) is 14.6. The average Bonchev–Trinajstić information content (AvgIpc) is 2.61. The van der Waals surface area contributed by atoms with Gasteiger partial charge in [0.1, 0.15) is 22.9 Å². The highest BCUT2D eigenvalue weighted by Crippen LogP contribution is 2.26. The van der Waals surface area contributed by atoms with Crippen LogP contribution >= 0.6 is 11.6 Å². The van der Waals surface area contributed by atoms with Crippen molar-refractivity contribution >= 4 is 17.4 Å². The Balaban J connectivity index is 1.51. The summed E-state index contributed by atoms with van der Waals surface area (Å²) in [5, 5.41) is 0.554. The van der Waals surface area contributed by atoms with E-state index in [1.165, 1.54) is 6.33 Å². The summed E-state index contributed by atoms with van der Waals surface area (Å²) in [6.07, 6.45) is 6.92. The van der Waals surface area contributed by atoms with Crippen molar-refractivity contribution in [2.24, 2.45) is 5.92 Å². The number of halogens is 1. The summed E-state index contributed by atoms with van der Waals surface area (Å²) < 4.78 is 11.0. The molecule has 0 aromatic carbocycles. The number of methoxy groups -OCH3 is 1. The molecule has 6 nitrogen and oxygen atoms in total. The molecule has 122 valence electrons. The van der Waals surface area contributed by atoms with Crippen molar-refractivity contribution in [3.63, 3.8) is 0 Å². The fourth-order valence-corrected chi connectivity index (χ4v) is 2.80. The third kappa shape index (κ3) is 4.01. The number of aromatic nitrogens is 3. The van der Waals surface area contributed by atoms with Crippen LogP contribution in [0.3, 0.4) is 0 Å². The molecular formula is C16H19ClN4O2. The standard InChI is InChI=1S/C16H19ClN4O2/c1-22-16-8-15(19-11-20-16)21-6-3-12(4-7-21)10-23-14-2-5-18-9-13(14)17/h2,5,8-9,11-12H,3-4,6-7,10H2,1H3. The first-order valence-corrected chi connectivity index (χ1v) is 7.97. The molecule has 23 heavy (non-hydrogen) atoms. The van der Waals surface area contributed by atoms with Crippen LogP contribution in [-0.2, 0) is 0 Å².